The van der Waals surface area contributed by atoms with Crippen molar-refractivity contribution < 1.29 is 4.79 Å². The fourth-order valence-corrected chi connectivity index (χ4v) is 2.92. The number of carbonyl (C=O) groups is 1. The molecule has 1 saturated heterocycles. The van der Waals surface area contributed by atoms with Gasteiger partial charge in [0.15, 0.2) is 0 Å². The molecule has 0 aliphatic carbocycles. The van der Waals surface area contributed by atoms with E-state index in [1.54, 1.807) is 0 Å². The Labute approximate surface area is 113 Å². The van der Waals surface area contributed by atoms with Crippen molar-refractivity contribution in [3.8, 4) is 0 Å². The number of rotatable bonds is 1. The van der Waals surface area contributed by atoms with E-state index in [1.807, 2.05) is 35.4 Å². The average molecular weight is 256 g/mol. The third-order valence-corrected chi connectivity index (χ3v) is 4.12. The van der Waals surface area contributed by atoms with Crippen LogP contribution in [0.5, 0.6) is 0 Å². The minimum absolute atomic E-state index is 0.172. The summed E-state index contributed by atoms with van der Waals surface area (Å²) < 4.78 is 0. The normalized spacial score (nSPS) is 20.5. The lowest BCUT2D eigenvalue weighted by Gasteiger charge is -2.27. The van der Waals surface area contributed by atoms with Gasteiger partial charge in [-0.15, -0.1) is 0 Å². The molecule has 1 amide bonds. The number of hydrogen-bond donors (Lipinski definition) is 1. The van der Waals surface area contributed by atoms with E-state index in [-0.39, 0.29) is 5.91 Å². The zero-order valence-electron chi connectivity index (χ0n) is 11.4. The maximum atomic E-state index is 12.6. The Morgan fingerprint density at radius 2 is 2.16 bits per heavy atom. The van der Waals surface area contributed by atoms with Gasteiger partial charge in [0, 0.05) is 29.9 Å². The first-order valence-corrected chi connectivity index (χ1v) is 7.14. The zero-order chi connectivity index (χ0) is 13.2. The van der Waals surface area contributed by atoms with Crippen molar-refractivity contribution >= 4 is 16.8 Å². The Bertz CT molecular complexity index is 587. The quantitative estimate of drug-likeness (QED) is 0.832. The molecule has 1 N–H and O–H groups in total. The Hall–Kier alpha value is -1.77. The summed E-state index contributed by atoms with van der Waals surface area (Å²) in [7, 11) is 0. The number of benzene rings is 1. The van der Waals surface area contributed by atoms with Crippen LogP contribution in [0.1, 0.15) is 43.0 Å². The monoisotopic (exact) mass is 256 g/mol. The number of H-pyrrole nitrogens is 1. The Morgan fingerprint density at radius 3 is 3.05 bits per heavy atom. The molecule has 1 aliphatic heterocycles. The van der Waals surface area contributed by atoms with Gasteiger partial charge in [-0.2, -0.15) is 0 Å². The molecule has 0 radical (unpaired) electrons. The van der Waals surface area contributed by atoms with Crippen molar-refractivity contribution in [3.63, 3.8) is 0 Å². The van der Waals surface area contributed by atoms with E-state index >= 15 is 0 Å². The standard InChI is InChI=1S/C16H20N2O/c1-12-5-3-2-4-10-18(12)16(19)14-7-6-13-8-9-17-15(13)11-14/h6-9,11-12,17H,2-5,10H2,1H3. The van der Waals surface area contributed by atoms with E-state index in [2.05, 4.69) is 11.9 Å². The van der Waals surface area contributed by atoms with Crippen LogP contribution in [0, 0.1) is 0 Å². The van der Waals surface area contributed by atoms with E-state index in [0.717, 1.165) is 35.9 Å². The SMILES string of the molecule is CC1CCCCCN1C(=O)c1ccc2cc[nH]c2c1. The smallest absolute Gasteiger partial charge is 0.254 e. The summed E-state index contributed by atoms with van der Waals surface area (Å²) in [4.78, 5) is 17.8. The molecule has 1 aliphatic rings. The molecule has 0 saturated carbocycles. The van der Waals surface area contributed by atoms with Crippen LogP contribution >= 0.6 is 0 Å². The summed E-state index contributed by atoms with van der Waals surface area (Å²) in [6.07, 6.45) is 6.63. The van der Waals surface area contributed by atoms with Gasteiger partial charge >= 0.3 is 0 Å². The number of nitrogens with zero attached hydrogens (tertiary/aromatic N) is 1. The number of aromatic amines is 1. The number of amides is 1. The van der Waals surface area contributed by atoms with E-state index in [9.17, 15) is 4.79 Å². The van der Waals surface area contributed by atoms with Gasteiger partial charge in [0.25, 0.3) is 5.91 Å². The summed E-state index contributed by atoms with van der Waals surface area (Å²) >= 11 is 0. The molecule has 3 heteroatoms. The Balaban J connectivity index is 1.88. The highest BCUT2D eigenvalue weighted by Crippen LogP contribution is 2.21. The number of nitrogens with one attached hydrogen (secondary N) is 1. The topological polar surface area (TPSA) is 36.1 Å². The minimum Gasteiger partial charge on any atom is -0.361 e. The van der Waals surface area contributed by atoms with Gasteiger partial charge < -0.3 is 9.88 Å². The molecular formula is C16H20N2O. The van der Waals surface area contributed by atoms with Crippen molar-refractivity contribution in [2.75, 3.05) is 6.54 Å². The fourth-order valence-electron chi connectivity index (χ4n) is 2.92. The predicted molar refractivity (Wildman–Crippen MR) is 77.3 cm³/mol. The maximum absolute atomic E-state index is 12.6. The number of carbonyl (C=O) groups excluding carboxylic acids is 1. The molecule has 2 aromatic rings. The second-order valence-electron chi connectivity index (χ2n) is 5.48. The van der Waals surface area contributed by atoms with E-state index in [0.29, 0.717) is 6.04 Å². The van der Waals surface area contributed by atoms with Crippen LogP contribution < -0.4 is 0 Å². The molecule has 0 spiro atoms. The third-order valence-electron chi connectivity index (χ3n) is 4.12. The van der Waals surface area contributed by atoms with Gasteiger partial charge in [0.1, 0.15) is 0 Å². The Morgan fingerprint density at radius 1 is 1.26 bits per heavy atom. The van der Waals surface area contributed by atoms with Crippen molar-refractivity contribution in [1.82, 2.24) is 9.88 Å². The van der Waals surface area contributed by atoms with Gasteiger partial charge in [0.2, 0.25) is 0 Å². The molecule has 1 atom stereocenters. The molecule has 2 heterocycles. The molecule has 0 bridgehead atoms. The van der Waals surface area contributed by atoms with Crippen molar-refractivity contribution in [2.24, 2.45) is 0 Å². The highest BCUT2D eigenvalue weighted by Gasteiger charge is 2.23. The van der Waals surface area contributed by atoms with Gasteiger partial charge in [-0.1, -0.05) is 18.9 Å². The predicted octanol–water partition coefficient (Wildman–Crippen LogP) is 3.57. The maximum Gasteiger partial charge on any atom is 0.254 e. The second kappa shape index (κ2) is 5.08. The first-order valence-electron chi connectivity index (χ1n) is 7.14. The van der Waals surface area contributed by atoms with Crippen molar-refractivity contribution in [1.29, 1.82) is 0 Å². The number of likely N-dealkylation sites (tertiary alicyclic amines) is 1. The Kier molecular flexibility index (Phi) is 3.28. The fraction of sp³-hybridized carbons (Fsp3) is 0.438. The van der Waals surface area contributed by atoms with E-state index in [1.165, 1.54) is 12.8 Å². The number of aromatic nitrogens is 1. The van der Waals surface area contributed by atoms with Crippen LogP contribution in [0.2, 0.25) is 0 Å². The molecule has 1 aromatic carbocycles. The van der Waals surface area contributed by atoms with Crippen LogP contribution in [0.4, 0.5) is 0 Å². The minimum atomic E-state index is 0.172. The van der Waals surface area contributed by atoms with Crippen LogP contribution in [-0.2, 0) is 0 Å². The van der Waals surface area contributed by atoms with Crippen molar-refractivity contribution in [2.45, 2.75) is 38.6 Å². The molecule has 100 valence electrons. The van der Waals surface area contributed by atoms with Gasteiger partial charge in [-0.05, 0) is 43.4 Å². The highest BCUT2D eigenvalue weighted by atomic mass is 16.2. The molecule has 3 nitrogen and oxygen atoms in total. The largest absolute Gasteiger partial charge is 0.361 e. The summed E-state index contributed by atoms with van der Waals surface area (Å²) in [5.74, 6) is 0.172. The zero-order valence-corrected chi connectivity index (χ0v) is 11.4. The number of hydrogen-bond acceptors (Lipinski definition) is 1. The first-order chi connectivity index (χ1) is 9.25. The van der Waals surface area contributed by atoms with E-state index in [4.69, 9.17) is 0 Å². The summed E-state index contributed by atoms with van der Waals surface area (Å²) in [5.41, 5.74) is 1.83. The van der Waals surface area contributed by atoms with Gasteiger partial charge in [-0.3, -0.25) is 4.79 Å². The van der Waals surface area contributed by atoms with Crippen LogP contribution in [0.25, 0.3) is 10.9 Å². The molecule has 1 unspecified atom stereocenters. The highest BCUT2D eigenvalue weighted by molar-refractivity contribution is 5.98. The molecule has 3 rings (SSSR count). The first kappa shape index (κ1) is 12.3. The van der Waals surface area contributed by atoms with Crippen LogP contribution in [-0.4, -0.2) is 28.4 Å². The van der Waals surface area contributed by atoms with E-state index < -0.39 is 0 Å². The molecule has 1 fully saturated rings. The van der Waals surface area contributed by atoms with Gasteiger partial charge in [-0.25, -0.2) is 0 Å². The van der Waals surface area contributed by atoms with Crippen LogP contribution in [0.15, 0.2) is 30.5 Å². The number of fused-ring (bicyclic) bond motifs is 1. The van der Waals surface area contributed by atoms with Gasteiger partial charge in [0.05, 0.1) is 0 Å². The second-order valence-corrected chi connectivity index (χ2v) is 5.48. The molecule has 19 heavy (non-hydrogen) atoms. The molecular weight excluding hydrogens is 236 g/mol. The average Bonchev–Trinajstić information content (AvgIpc) is 2.79. The summed E-state index contributed by atoms with van der Waals surface area (Å²) in [5, 5.41) is 1.15. The lowest BCUT2D eigenvalue weighted by atomic mass is 10.1. The lowest BCUT2D eigenvalue weighted by Crippen LogP contribution is -2.38. The third kappa shape index (κ3) is 2.37. The summed E-state index contributed by atoms with van der Waals surface area (Å²) in [6.45, 7) is 3.05. The van der Waals surface area contributed by atoms with Crippen LogP contribution in [0.3, 0.4) is 0 Å². The lowest BCUT2D eigenvalue weighted by molar-refractivity contribution is 0.0698. The molecule has 1 aromatic heterocycles. The summed E-state index contributed by atoms with van der Waals surface area (Å²) in [6, 6.07) is 8.31. The van der Waals surface area contributed by atoms with Crippen molar-refractivity contribution in [3.05, 3.63) is 36.0 Å².